The maximum absolute atomic E-state index is 6.99. The van der Waals surface area contributed by atoms with E-state index in [1.807, 2.05) is 0 Å². The van der Waals surface area contributed by atoms with Crippen LogP contribution < -0.4 is 20.1 Å². The molecule has 0 N–H and O–H groups in total. The Hall–Kier alpha value is -2.66. The molecule has 0 bridgehead atoms. The average Bonchev–Trinajstić information content (AvgIpc) is 3.47. The molecule has 2 nitrogen and oxygen atoms in total. The Morgan fingerprint density at radius 1 is 0.541 bits per heavy atom. The lowest BCUT2D eigenvalue weighted by atomic mass is 9.99. The highest BCUT2D eigenvalue weighted by atomic mass is 31.1. The van der Waals surface area contributed by atoms with E-state index in [9.17, 15) is 0 Å². The van der Waals surface area contributed by atoms with Gasteiger partial charge in [0.1, 0.15) is 11.5 Å². The van der Waals surface area contributed by atoms with E-state index in [0.717, 1.165) is 17.9 Å². The van der Waals surface area contributed by atoms with Crippen molar-refractivity contribution in [1.82, 2.24) is 0 Å². The van der Waals surface area contributed by atoms with Crippen LogP contribution in [-0.2, 0) is 0 Å². The van der Waals surface area contributed by atoms with Crippen LogP contribution in [0.3, 0.4) is 0 Å². The summed E-state index contributed by atoms with van der Waals surface area (Å²) in [5.74, 6) is 2.22. The molecule has 3 aliphatic rings. The van der Waals surface area contributed by atoms with Crippen LogP contribution in [0.25, 0.3) is 22.3 Å². The molecule has 0 aromatic heterocycles. The van der Waals surface area contributed by atoms with Crippen molar-refractivity contribution in [3.63, 3.8) is 0 Å². The lowest BCUT2D eigenvalue weighted by molar-refractivity contribution is 0.173. The zero-order valence-corrected chi connectivity index (χ0v) is 23.6. The average molecular weight is 523 g/mol. The highest BCUT2D eigenvalue weighted by molar-refractivity contribution is 7.73. The zero-order valence-electron chi connectivity index (χ0n) is 21.8. The number of hydrogen-bond donors (Lipinski definition) is 0. The van der Waals surface area contributed by atoms with Gasteiger partial charge in [0.2, 0.25) is 0 Å². The minimum absolute atomic E-state index is 0.0498. The number of rotatable bonds is 2. The minimum Gasteiger partial charge on any atom is -0.481 e. The SMILES string of the molecule is CC1(C)CC(C)(C)[P@@]2c3c(cccc3-c3ccccc3)O[C@@H]2[C@H]2Oc3cccc(-c4ccccc4)c3[P@@]21. The monoisotopic (exact) mass is 522 g/mol. The minimum atomic E-state index is -0.637. The summed E-state index contributed by atoms with van der Waals surface area (Å²) in [6.07, 6.45) is 1.14. The summed E-state index contributed by atoms with van der Waals surface area (Å²) in [4.78, 5) is 0. The maximum atomic E-state index is 6.99. The van der Waals surface area contributed by atoms with Gasteiger partial charge in [0.05, 0.1) is 0 Å². The van der Waals surface area contributed by atoms with E-state index < -0.39 is 15.8 Å². The van der Waals surface area contributed by atoms with Crippen LogP contribution in [0.15, 0.2) is 97.1 Å². The van der Waals surface area contributed by atoms with Crippen molar-refractivity contribution in [2.24, 2.45) is 0 Å². The molecular weight excluding hydrogens is 490 g/mol. The zero-order chi connectivity index (χ0) is 25.4. The molecule has 0 radical (unpaired) electrons. The summed E-state index contributed by atoms with van der Waals surface area (Å²) in [6, 6.07) is 34.9. The van der Waals surface area contributed by atoms with Crippen LogP contribution in [0.4, 0.5) is 0 Å². The van der Waals surface area contributed by atoms with E-state index in [4.69, 9.17) is 9.47 Å². The van der Waals surface area contributed by atoms with Crippen LogP contribution >= 0.6 is 15.8 Å². The highest BCUT2D eigenvalue weighted by Crippen LogP contribution is 2.75. The fraction of sp³-hybridized carbons (Fsp3) is 0.273. The second-order valence-corrected chi connectivity index (χ2v) is 17.4. The van der Waals surface area contributed by atoms with Gasteiger partial charge in [-0.2, -0.15) is 0 Å². The number of ether oxygens (including phenoxy) is 2. The normalized spacial score (nSPS) is 26.1. The second kappa shape index (κ2) is 8.42. The first-order chi connectivity index (χ1) is 17.9. The molecule has 7 rings (SSSR count). The molecule has 3 heterocycles. The predicted molar refractivity (Wildman–Crippen MR) is 158 cm³/mol. The summed E-state index contributed by atoms with van der Waals surface area (Å²) in [7, 11) is -1.27. The largest absolute Gasteiger partial charge is 0.481 e. The molecule has 1 saturated heterocycles. The molecule has 0 amide bonds. The molecule has 4 aromatic rings. The Bertz CT molecular complexity index is 1370. The molecule has 186 valence electrons. The Morgan fingerprint density at radius 3 is 1.35 bits per heavy atom. The smallest absolute Gasteiger partial charge is 0.162 e. The third-order valence-electron chi connectivity index (χ3n) is 8.07. The highest BCUT2D eigenvalue weighted by Gasteiger charge is 2.61. The fourth-order valence-corrected chi connectivity index (χ4v) is 14.8. The first kappa shape index (κ1) is 23.5. The fourth-order valence-electron chi connectivity index (χ4n) is 6.95. The Balaban J connectivity index is 1.41. The van der Waals surface area contributed by atoms with E-state index in [0.29, 0.717) is 0 Å². The van der Waals surface area contributed by atoms with E-state index in [1.54, 1.807) is 0 Å². The first-order valence-electron chi connectivity index (χ1n) is 13.1. The van der Waals surface area contributed by atoms with E-state index in [2.05, 4.69) is 125 Å². The van der Waals surface area contributed by atoms with Crippen LogP contribution in [-0.4, -0.2) is 22.0 Å². The Morgan fingerprint density at radius 2 is 0.946 bits per heavy atom. The Labute approximate surface area is 222 Å². The van der Waals surface area contributed by atoms with Gasteiger partial charge < -0.3 is 9.47 Å². The van der Waals surface area contributed by atoms with Gasteiger partial charge in [0.15, 0.2) is 11.7 Å². The van der Waals surface area contributed by atoms with Crippen molar-refractivity contribution in [3.05, 3.63) is 97.1 Å². The molecule has 0 saturated carbocycles. The van der Waals surface area contributed by atoms with Gasteiger partial charge in [-0.05, 0) is 67.0 Å². The van der Waals surface area contributed by atoms with Gasteiger partial charge in [-0.1, -0.05) is 113 Å². The maximum Gasteiger partial charge on any atom is 0.162 e. The third kappa shape index (κ3) is 3.60. The summed E-state index contributed by atoms with van der Waals surface area (Å²) in [5.41, 5.74) is 5.19. The summed E-state index contributed by atoms with van der Waals surface area (Å²) >= 11 is 0. The van der Waals surface area contributed by atoms with Crippen LogP contribution in [0.2, 0.25) is 0 Å². The van der Waals surface area contributed by atoms with Gasteiger partial charge in [0, 0.05) is 10.6 Å². The van der Waals surface area contributed by atoms with Crippen molar-refractivity contribution >= 4 is 26.5 Å². The van der Waals surface area contributed by atoms with Gasteiger partial charge in [0.25, 0.3) is 0 Å². The van der Waals surface area contributed by atoms with Gasteiger partial charge in [-0.3, -0.25) is 0 Å². The van der Waals surface area contributed by atoms with Crippen molar-refractivity contribution in [1.29, 1.82) is 0 Å². The van der Waals surface area contributed by atoms with E-state index in [1.165, 1.54) is 32.9 Å². The van der Waals surface area contributed by atoms with Crippen LogP contribution in [0, 0.1) is 0 Å². The standard InChI is InChI=1S/C33H32O2P2/c1-32(2)21-33(3,4)37-29-25(23-15-9-6-10-16-23)18-12-20-27(29)35-31(37)30-34-26-19-11-17-24(28(26)36(30)32)22-13-7-5-8-14-22/h5-20,30-31H,21H2,1-4H3/t30-,31-,36-,37-/m0/s1. The van der Waals surface area contributed by atoms with Gasteiger partial charge >= 0.3 is 0 Å². The Kier molecular flexibility index (Phi) is 5.34. The van der Waals surface area contributed by atoms with Crippen molar-refractivity contribution in [2.75, 3.05) is 0 Å². The van der Waals surface area contributed by atoms with E-state index in [-0.39, 0.29) is 22.0 Å². The number of fused-ring (bicyclic) bond motifs is 7. The molecule has 4 heteroatoms. The quantitative estimate of drug-likeness (QED) is 0.247. The summed E-state index contributed by atoms with van der Waals surface area (Å²) in [6.45, 7) is 9.93. The van der Waals surface area contributed by atoms with Crippen LogP contribution in [0.1, 0.15) is 34.1 Å². The lowest BCUT2D eigenvalue weighted by Gasteiger charge is -2.39. The van der Waals surface area contributed by atoms with Crippen LogP contribution in [0.5, 0.6) is 11.5 Å². The number of benzene rings is 4. The molecule has 3 aliphatic heterocycles. The van der Waals surface area contributed by atoms with Crippen molar-refractivity contribution in [3.8, 4) is 33.8 Å². The number of hydrogen-bond acceptors (Lipinski definition) is 2. The summed E-state index contributed by atoms with van der Waals surface area (Å²) < 4.78 is 14.0. The summed E-state index contributed by atoms with van der Waals surface area (Å²) in [5, 5.41) is 3.07. The third-order valence-corrected chi connectivity index (χ3v) is 14.9. The molecule has 37 heavy (non-hydrogen) atoms. The molecule has 1 fully saturated rings. The second-order valence-electron chi connectivity index (χ2n) is 11.6. The van der Waals surface area contributed by atoms with E-state index >= 15 is 0 Å². The topological polar surface area (TPSA) is 18.5 Å². The molecule has 0 aliphatic carbocycles. The molecule has 4 aromatic carbocycles. The first-order valence-corrected chi connectivity index (χ1v) is 16.0. The molecular formula is C33H32O2P2. The lowest BCUT2D eigenvalue weighted by Crippen LogP contribution is -2.33. The van der Waals surface area contributed by atoms with Crippen molar-refractivity contribution in [2.45, 2.75) is 56.1 Å². The van der Waals surface area contributed by atoms with Gasteiger partial charge in [-0.15, -0.1) is 0 Å². The molecule has 0 spiro atoms. The van der Waals surface area contributed by atoms with Crippen molar-refractivity contribution < 1.29 is 9.47 Å². The molecule has 0 unspecified atom stereocenters. The van der Waals surface area contributed by atoms with Gasteiger partial charge in [-0.25, -0.2) is 0 Å². The molecule has 4 atom stereocenters. The predicted octanol–water partition coefficient (Wildman–Crippen LogP) is 8.33.